The number of amides is 1. The Kier molecular flexibility index (Phi) is 3.45. The van der Waals surface area contributed by atoms with Gasteiger partial charge in [-0.25, -0.2) is 4.39 Å². The summed E-state index contributed by atoms with van der Waals surface area (Å²) in [6, 6.07) is 6.92. The molecule has 118 valence electrons. The topological polar surface area (TPSA) is 33.5 Å². The molecule has 0 spiro atoms. The van der Waals surface area contributed by atoms with E-state index in [0.29, 0.717) is 17.5 Å². The zero-order chi connectivity index (χ0) is 16.0. The normalized spacial score (nSPS) is 18.0. The molecule has 1 atom stereocenters. The summed E-state index contributed by atoms with van der Waals surface area (Å²) in [7, 11) is 0. The fraction of sp³-hybridized carbons (Fsp3) is 0.278. The van der Waals surface area contributed by atoms with Crippen molar-refractivity contribution in [3.8, 4) is 0 Å². The van der Waals surface area contributed by atoms with E-state index in [4.69, 9.17) is 4.42 Å². The van der Waals surface area contributed by atoms with E-state index in [2.05, 4.69) is 11.4 Å². The smallest absolute Gasteiger partial charge is 0.290 e. The number of thiophene rings is 1. The second-order valence-electron chi connectivity index (χ2n) is 5.89. The molecule has 1 amide bonds. The van der Waals surface area contributed by atoms with Crippen LogP contribution < -0.4 is 0 Å². The molecule has 1 saturated heterocycles. The highest BCUT2D eigenvalue weighted by molar-refractivity contribution is 7.08. The van der Waals surface area contributed by atoms with Crippen LogP contribution in [0.5, 0.6) is 0 Å². The maximum Gasteiger partial charge on any atom is 0.290 e. The number of hydrogen-bond acceptors (Lipinski definition) is 3. The molecule has 1 unspecified atom stereocenters. The number of halogens is 1. The molecule has 3 heterocycles. The summed E-state index contributed by atoms with van der Waals surface area (Å²) in [5.74, 6) is -0.320. The number of rotatable bonds is 2. The Bertz CT molecular complexity index is 869. The number of para-hydroxylation sites is 1. The first-order chi connectivity index (χ1) is 11.2. The molecule has 2 aromatic heterocycles. The van der Waals surface area contributed by atoms with E-state index in [1.165, 1.54) is 11.6 Å². The summed E-state index contributed by atoms with van der Waals surface area (Å²) in [6.07, 6.45) is 1.93. The van der Waals surface area contributed by atoms with Gasteiger partial charge in [0.25, 0.3) is 5.91 Å². The molecule has 1 aromatic carbocycles. The van der Waals surface area contributed by atoms with E-state index in [1.54, 1.807) is 23.5 Å². The molecule has 1 fully saturated rings. The zero-order valence-electron chi connectivity index (χ0n) is 12.7. The predicted octanol–water partition coefficient (Wildman–Crippen LogP) is 4.92. The molecule has 5 heteroatoms. The van der Waals surface area contributed by atoms with Crippen molar-refractivity contribution in [2.24, 2.45) is 0 Å². The van der Waals surface area contributed by atoms with Crippen molar-refractivity contribution in [2.75, 3.05) is 6.54 Å². The maximum absolute atomic E-state index is 13.9. The molecule has 0 N–H and O–H groups in total. The van der Waals surface area contributed by atoms with Gasteiger partial charge in [-0.3, -0.25) is 4.79 Å². The molecule has 1 aliphatic rings. The monoisotopic (exact) mass is 329 g/mol. The van der Waals surface area contributed by atoms with Crippen molar-refractivity contribution < 1.29 is 13.6 Å². The number of likely N-dealkylation sites (tertiary alicyclic amines) is 1. The molecule has 1 aliphatic heterocycles. The molecule has 0 aliphatic carbocycles. The Hall–Kier alpha value is -2.14. The van der Waals surface area contributed by atoms with Crippen LogP contribution in [-0.4, -0.2) is 17.4 Å². The van der Waals surface area contributed by atoms with E-state index in [9.17, 15) is 9.18 Å². The number of furan rings is 1. The summed E-state index contributed by atoms with van der Waals surface area (Å²) in [5.41, 5.74) is 2.04. The van der Waals surface area contributed by atoms with Crippen LogP contribution in [0.25, 0.3) is 11.0 Å². The van der Waals surface area contributed by atoms with Crippen LogP contribution in [0.3, 0.4) is 0 Å². The quantitative estimate of drug-likeness (QED) is 0.668. The highest BCUT2D eigenvalue weighted by Gasteiger charge is 2.33. The SMILES string of the molecule is Cc1c(C(=O)N2CCCC2c2ccsc2)oc2c(F)cccc12. The molecule has 0 bridgehead atoms. The van der Waals surface area contributed by atoms with Gasteiger partial charge in [0.05, 0.1) is 6.04 Å². The van der Waals surface area contributed by atoms with E-state index >= 15 is 0 Å². The van der Waals surface area contributed by atoms with Crippen molar-refractivity contribution in [2.45, 2.75) is 25.8 Å². The Labute approximate surface area is 137 Å². The molecule has 23 heavy (non-hydrogen) atoms. The number of carbonyl (C=O) groups is 1. The van der Waals surface area contributed by atoms with Gasteiger partial charge in [0, 0.05) is 17.5 Å². The first-order valence-corrected chi connectivity index (χ1v) is 8.62. The Balaban J connectivity index is 1.74. The lowest BCUT2D eigenvalue weighted by Crippen LogP contribution is -2.30. The molecule has 0 radical (unpaired) electrons. The third-order valence-electron chi connectivity index (χ3n) is 4.55. The van der Waals surface area contributed by atoms with Crippen LogP contribution >= 0.6 is 11.3 Å². The summed E-state index contributed by atoms with van der Waals surface area (Å²) < 4.78 is 19.5. The molecule has 4 rings (SSSR count). The molecule has 3 aromatic rings. The first-order valence-electron chi connectivity index (χ1n) is 7.67. The summed E-state index contributed by atoms with van der Waals surface area (Å²) >= 11 is 1.63. The third kappa shape index (κ3) is 2.27. The number of benzene rings is 1. The lowest BCUT2D eigenvalue weighted by Gasteiger charge is -2.23. The minimum Gasteiger partial charge on any atom is -0.448 e. The summed E-state index contributed by atoms with van der Waals surface area (Å²) in [6.45, 7) is 2.52. The van der Waals surface area contributed by atoms with E-state index < -0.39 is 5.82 Å². The standard InChI is InChI=1S/C18H16FNO2S/c1-11-13-4-2-5-14(19)17(13)22-16(11)18(21)20-8-3-6-15(20)12-7-9-23-10-12/h2,4-5,7,9-10,15H,3,6,8H2,1H3. The van der Waals surface area contributed by atoms with Crippen LogP contribution in [0, 0.1) is 12.7 Å². The number of nitrogens with zero attached hydrogens (tertiary/aromatic N) is 1. The molecule has 0 saturated carbocycles. The van der Waals surface area contributed by atoms with Crippen molar-refractivity contribution in [1.29, 1.82) is 0 Å². The van der Waals surface area contributed by atoms with Gasteiger partial charge >= 0.3 is 0 Å². The Morgan fingerprint density at radius 1 is 1.39 bits per heavy atom. The van der Waals surface area contributed by atoms with Gasteiger partial charge in [0.2, 0.25) is 0 Å². The van der Waals surface area contributed by atoms with Crippen molar-refractivity contribution in [3.05, 3.63) is 57.7 Å². The Morgan fingerprint density at radius 3 is 3.00 bits per heavy atom. The van der Waals surface area contributed by atoms with Crippen molar-refractivity contribution in [1.82, 2.24) is 4.90 Å². The number of aryl methyl sites for hydroxylation is 1. The summed E-state index contributed by atoms with van der Waals surface area (Å²) in [4.78, 5) is 14.8. The van der Waals surface area contributed by atoms with Gasteiger partial charge < -0.3 is 9.32 Å². The highest BCUT2D eigenvalue weighted by atomic mass is 32.1. The predicted molar refractivity (Wildman–Crippen MR) is 88.2 cm³/mol. The third-order valence-corrected chi connectivity index (χ3v) is 5.25. The number of carbonyl (C=O) groups excluding carboxylic acids is 1. The minimum absolute atomic E-state index is 0.0891. The maximum atomic E-state index is 13.9. The number of fused-ring (bicyclic) bond motifs is 1. The van der Waals surface area contributed by atoms with Crippen LogP contribution in [0.1, 0.15) is 40.6 Å². The van der Waals surface area contributed by atoms with Crippen LogP contribution in [0.4, 0.5) is 4.39 Å². The van der Waals surface area contributed by atoms with E-state index in [1.807, 2.05) is 17.2 Å². The van der Waals surface area contributed by atoms with E-state index in [0.717, 1.165) is 12.8 Å². The van der Waals surface area contributed by atoms with Crippen LogP contribution in [0.2, 0.25) is 0 Å². The van der Waals surface area contributed by atoms with Crippen molar-refractivity contribution >= 4 is 28.2 Å². The Morgan fingerprint density at radius 2 is 2.26 bits per heavy atom. The van der Waals surface area contributed by atoms with Crippen LogP contribution in [0.15, 0.2) is 39.4 Å². The van der Waals surface area contributed by atoms with Gasteiger partial charge in [0.15, 0.2) is 17.2 Å². The highest BCUT2D eigenvalue weighted by Crippen LogP contribution is 2.36. The average Bonchev–Trinajstić information content (AvgIpc) is 3.26. The lowest BCUT2D eigenvalue weighted by atomic mass is 10.1. The van der Waals surface area contributed by atoms with Gasteiger partial charge in [0.1, 0.15) is 0 Å². The van der Waals surface area contributed by atoms with E-state index in [-0.39, 0.29) is 23.3 Å². The lowest BCUT2D eigenvalue weighted by molar-refractivity contribution is 0.0704. The fourth-order valence-corrected chi connectivity index (χ4v) is 4.07. The molecular formula is C18H16FNO2S. The first kappa shape index (κ1) is 14.5. The second-order valence-corrected chi connectivity index (χ2v) is 6.67. The van der Waals surface area contributed by atoms with Crippen molar-refractivity contribution in [3.63, 3.8) is 0 Å². The van der Waals surface area contributed by atoms with Gasteiger partial charge in [-0.2, -0.15) is 11.3 Å². The summed E-state index contributed by atoms with van der Waals surface area (Å²) in [5, 5.41) is 4.78. The largest absolute Gasteiger partial charge is 0.448 e. The van der Waals surface area contributed by atoms with Crippen LogP contribution in [-0.2, 0) is 0 Å². The molecule has 3 nitrogen and oxygen atoms in total. The molecular weight excluding hydrogens is 313 g/mol. The van der Waals surface area contributed by atoms with Gasteiger partial charge in [-0.05, 0) is 48.2 Å². The second kappa shape index (κ2) is 5.49. The van der Waals surface area contributed by atoms with Gasteiger partial charge in [-0.1, -0.05) is 12.1 Å². The minimum atomic E-state index is -0.430. The average molecular weight is 329 g/mol. The fourth-order valence-electron chi connectivity index (χ4n) is 3.36. The zero-order valence-corrected chi connectivity index (χ0v) is 13.5. The number of hydrogen-bond donors (Lipinski definition) is 0. The van der Waals surface area contributed by atoms with Gasteiger partial charge in [-0.15, -0.1) is 0 Å².